The second kappa shape index (κ2) is 9.59. The van der Waals surface area contributed by atoms with Crippen LogP contribution in [0.4, 0.5) is 0 Å². The van der Waals surface area contributed by atoms with E-state index in [0.29, 0.717) is 12.3 Å². The molecule has 0 aromatic heterocycles. The maximum atomic E-state index is 13.1. The summed E-state index contributed by atoms with van der Waals surface area (Å²) in [6, 6.07) is 19.2. The molecule has 1 aliphatic heterocycles. The average molecular weight is 413 g/mol. The van der Waals surface area contributed by atoms with Crippen LogP contribution in [0.15, 0.2) is 60.7 Å². The lowest BCUT2D eigenvalue weighted by atomic mass is 9.80. The number of cyclic esters (lactones) is 1. The second-order valence-electron chi connectivity index (χ2n) is 7.85. The van der Waals surface area contributed by atoms with Crippen molar-refractivity contribution < 1.29 is 19.1 Å². The highest BCUT2D eigenvalue weighted by Crippen LogP contribution is 2.44. The summed E-state index contributed by atoms with van der Waals surface area (Å²) < 4.78 is 11.6. The van der Waals surface area contributed by atoms with Crippen LogP contribution in [0.1, 0.15) is 49.7 Å². The Bertz CT molecular complexity index is 801. The zero-order chi connectivity index (χ0) is 20.9. The van der Waals surface area contributed by atoms with Crippen LogP contribution in [0, 0.1) is 5.92 Å². The predicted octanol–water partition coefficient (Wildman–Crippen LogP) is 5.28. The van der Waals surface area contributed by atoms with E-state index in [4.69, 9.17) is 9.47 Å². The summed E-state index contributed by atoms with van der Waals surface area (Å²) in [5.41, 5.74) is 0.515. The lowest BCUT2D eigenvalue weighted by molar-refractivity contribution is -0.172. The molecule has 5 heteroatoms. The standard InChI is InChI=1S/C24H28O4S/c1-17(2)14-15-24(19-12-8-5-9-13-19)16-20(25)21(22(26)28-24)29-23(27-3)18-10-6-4-7-11-18/h4-13,17,21,23H,14-16H2,1-3H3. The molecular weight excluding hydrogens is 384 g/mol. The number of hydrogen-bond donors (Lipinski definition) is 0. The van der Waals surface area contributed by atoms with Crippen molar-refractivity contribution in [3.63, 3.8) is 0 Å². The van der Waals surface area contributed by atoms with E-state index in [1.165, 1.54) is 11.8 Å². The first-order valence-electron chi connectivity index (χ1n) is 9.99. The number of carbonyl (C=O) groups is 2. The minimum atomic E-state index is -0.883. The van der Waals surface area contributed by atoms with Gasteiger partial charge in [-0.3, -0.25) is 9.59 Å². The molecule has 4 nitrogen and oxygen atoms in total. The SMILES string of the molecule is COC(SC1C(=O)CC(CCC(C)C)(c2ccccc2)OC1=O)c1ccccc1. The van der Waals surface area contributed by atoms with E-state index in [1.54, 1.807) is 7.11 Å². The Balaban J connectivity index is 1.82. The van der Waals surface area contributed by atoms with E-state index in [1.807, 2.05) is 60.7 Å². The summed E-state index contributed by atoms with van der Waals surface area (Å²) in [7, 11) is 1.58. The van der Waals surface area contributed by atoms with E-state index in [0.717, 1.165) is 17.5 Å². The van der Waals surface area contributed by atoms with Gasteiger partial charge in [0.15, 0.2) is 11.0 Å². The minimum Gasteiger partial charge on any atom is -0.453 e. The number of benzene rings is 2. The van der Waals surface area contributed by atoms with Gasteiger partial charge < -0.3 is 9.47 Å². The number of Topliss-reactive ketones (excluding diaryl/α,β-unsaturated/α-hetero) is 1. The van der Waals surface area contributed by atoms with Crippen molar-refractivity contribution in [3.8, 4) is 0 Å². The molecule has 0 saturated carbocycles. The number of esters is 1. The molecule has 0 N–H and O–H groups in total. The lowest BCUT2D eigenvalue weighted by Crippen LogP contribution is -2.47. The van der Waals surface area contributed by atoms with Gasteiger partial charge >= 0.3 is 5.97 Å². The van der Waals surface area contributed by atoms with Crippen molar-refractivity contribution >= 4 is 23.5 Å². The highest BCUT2D eigenvalue weighted by Gasteiger charge is 2.48. The molecule has 29 heavy (non-hydrogen) atoms. The van der Waals surface area contributed by atoms with Gasteiger partial charge in [-0.15, -0.1) is 11.8 Å². The molecular formula is C24H28O4S. The van der Waals surface area contributed by atoms with Crippen molar-refractivity contribution in [1.29, 1.82) is 0 Å². The van der Waals surface area contributed by atoms with Crippen LogP contribution in [0.3, 0.4) is 0 Å². The van der Waals surface area contributed by atoms with Gasteiger partial charge in [0.2, 0.25) is 0 Å². The van der Waals surface area contributed by atoms with Crippen LogP contribution in [-0.4, -0.2) is 24.1 Å². The van der Waals surface area contributed by atoms with Gasteiger partial charge in [0.25, 0.3) is 0 Å². The molecule has 3 atom stereocenters. The Labute approximate surface area is 177 Å². The quantitative estimate of drug-likeness (QED) is 0.335. The van der Waals surface area contributed by atoms with Crippen LogP contribution in [0.2, 0.25) is 0 Å². The van der Waals surface area contributed by atoms with Crippen LogP contribution in [-0.2, 0) is 24.7 Å². The first kappa shape index (κ1) is 21.6. The Hall–Kier alpha value is -2.11. The number of rotatable bonds is 8. The third-order valence-corrected chi connectivity index (χ3v) is 6.67. The average Bonchev–Trinajstić information content (AvgIpc) is 2.73. The molecule has 1 heterocycles. The first-order chi connectivity index (χ1) is 13.9. The topological polar surface area (TPSA) is 52.6 Å². The minimum absolute atomic E-state index is 0.100. The third kappa shape index (κ3) is 5.09. The van der Waals surface area contributed by atoms with Gasteiger partial charge in [-0.25, -0.2) is 0 Å². The Morgan fingerprint density at radius 3 is 2.24 bits per heavy atom. The maximum absolute atomic E-state index is 13.1. The number of ketones is 1. The van der Waals surface area contributed by atoms with Crippen molar-refractivity contribution in [3.05, 3.63) is 71.8 Å². The predicted molar refractivity (Wildman–Crippen MR) is 115 cm³/mol. The van der Waals surface area contributed by atoms with Crippen LogP contribution < -0.4 is 0 Å². The molecule has 1 aliphatic rings. The maximum Gasteiger partial charge on any atom is 0.327 e. The third-order valence-electron chi connectivity index (χ3n) is 5.23. The van der Waals surface area contributed by atoms with Gasteiger partial charge in [-0.2, -0.15) is 0 Å². The number of thioether (sulfide) groups is 1. The summed E-state index contributed by atoms with van der Waals surface area (Å²) in [5, 5.41) is -0.879. The fourth-order valence-electron chi connectivity index (χ4n) is 3.63. The molecule has 0 bridgehead atoms. The highest BCUT2D eigenvalue weighted by molar-refractivity contribution is 8.01. The Morgan fingerprint density at radius 1 is 1.07 bits per heavy atom. The Morgan fingerprint density at radius 2 is 1.69 bits per heavy atom. The van der Waals surface area contributed by atoms with Crippen molar-refractivity contribution in [2.24, 2.45) is 5.92 Å². The molecule has 3 rings (SSSR count). The molecule has 1 saturated heterocycles. The summed E-state index contributed by atoms with van der Waals surface area (Å²) in [5.74, 6) is -0.124. The fraction of sp³-hybridized carbons (Fsp3) is 0.417. The number of ether oxygens (including phenoxy) is 2. The zero-order valence-electron chi connectivity index (χ0n) is 17.2. The Kier molecular flexibility index (Phi) is 7.14. The van der Waals surface area contributed by atoms with E-state index in [9.17, 15) is 9.59 Å². The largest absolute Gasteiger partial charge is 0.453 e. The molecule has 2 aromatic rings. The smallest absolute Gasteiger partial charge is 0.327 e. The van der Waals surface area contributed by atoms with Gasteiger partial charge in [-0.1, -0.05) is 74.5 Å². The zero-order valence-corrected chi connectivity index (χ0v) is 18.0. The highest BCUT2D eigenvalue weighted by atomic mass is 32.2. The molecule has 3 unspecified atom stereocenters. The second-order valence-corrected chi connectivity index (χ2v) is 9.02. The van der Waals surface area contributed by atoms with Crippen molar-refractivity contribution in [2.45, 2.75) is 49.4 Å². The van der Waals surface area contributed by atoms with E-state index < -0.39 is 22.3 Å². The van der Waals surface area contributed by atoms with Gasteiger partial charge in [-0.05, 0) is 29.9 Å². The summed E-state index contributed by atoms with van der Waals surface area (Å²) >= 11 is 1.21. The summed E-state index contributed by atoms with van der Waals surface area (Å²) in [6.07, 6.45) is 1.70. The monoisotopic (exact) mass is 412 g/mol. The summed E-state index contributed by atoms with van der Waals surface area (Å²) in [4.78, 5) is 26.1. The molecule has 0 spiro atoms. The van der Waals surface area contributed by atoms with Crippen LogP contribution >= 0.6 is 11.8 Å². The fourth-order valence-corrected chi connectivity index (χ4v) is 4.70. The normalized spacial score (nSPS) is 23.1. The lowest BCUT2D eigenvalue weighted by Gasteiger charge is -2.39. The number of hydrogen-bond acceptors (Lipinski definition) is 5. The molecule has 154 valence electrons. The van der Waals surface area contributed by atoms with Gasteiger partial charge in [0.05, 0.1) is 6.42 Å². The molecule has 1 fully saturated rings. The van der Waals surface area contributed by atoms with Crippen molar-refractivity contribution in [2.75, 3.05) is 7.11 Å². The number of methoxy groups -OCH3 is 1. The molecule has 2 aromatic carbocycles. The van der Waals surface area contributed by atoms with Crippen LogP contribution in [0.25, 0.3) is 0 Å². The number of carbonyl (C=O) groups excluding carboxylic acids is 2. The molecule has 0 radical (unpaired) electrons. The molecule has 0 aliphatic carbocycles. The van der Waals surface area contributed by atoms with Gasteiger partial charge in [0.1, 0.15) is 11.0 Å². The van der Waals surface area contributed by atoms with Crippen LogP contribution in [0.5, 0.6) is 0 Å². The molecule has 0 amide bonds. The van der Waals surface area contributed by atoms with E-state index in [-0.39, 0.29) is 12.2 Å². The van der Waals surface area contributed by atoms with Gasteiger partial charge in [0, 0.05) is 7.11 Å². The van der Waals surface area contributed by atoms with E-state index in [2.05, 4.69) is 13.8 Å². The van der Waals surface area contributed by atoms with E-state index >= 15 is 0 Å². The summed E-state index contributed by atoms with van der Waals surface area (Å²) in [6.45, 7) is 4.26. The van der Waals surface area contributed by atoms with Crippen molar-refractivity contribution in [1.82, 2.24) is 0 Å². The first-order valence-corrected chi connectivity index (χ1v) is 10.9.